The second-order valence-electron chi connectivity index (χ2n) is 6.04. The van der Waals surface area contributed by atoms with Gasteiger partial charge in [0, 0.05) is 29.3 Å². The normalized spacial score (nSPS) is 11.0. The molecule has 130 valence electrons. The Hall–Kier alpha value is -3.34. The van der Waals surface area contributed by atoms with Gasteiger partial charge in [-0.05, 0) is 42.3 Å². The van der Waals surface area contributed by atoms with Crippen LogP contribution in [0.15, 0.2) is 71.5 Å². The Labute approximate surface area is 149 Å². The molecule has 0 atom stereocenters. The molecular formula is C21H17FN2O2. The molecular weight excluding hydrogens is 331 g/mol. The molecule has 2 aromatic carbocycles. The van der Waals surface area contributed by atoms with E-state index in [0.29, 0.717) is 24.0 Å². The number of hydrogen-bond acceptors (Lipinski definition) is 2. The van der Waals surface area contributed by atoms with Crippen LogP contribution in [0.4, 0.5) is 4.39 Å². The summed E-state index contributed by atoms with van der Waals surface area (Å²) in [6, 6.07) is 15.9. The largest absolute Gasteiger partial charge is 0.464 e. The number of fused-ring (bicyclic) bond motifs is 1. The van der Waals surface area contributed by atoms with E-state index in [-0.39, 0.29) is 11.7 Å². The minimum atomic E-state index is -0.269. The van der Waals surface area contributed by atoms with Gasteiger partial charge in [-0.1, -0.05) is 24.3 Å². The van der Waals surface area contributed by atoms with Crippen molar-refractivity contribution in [3.8, 4) is 11.3 Å². The van der Waals surface area contributed by atoms with Crippen LogP contribution in [0.3, 0.4) is 0 Å². The van der Waals surface area contributed by atoms with Crippen LogP contribution in [0.2, 0.25) is 0 Å². The third-order valence-corrected chi connectivity index (χ3v) is 4.38. The molecule has 0 radical (unpaired) electrons. The van der Waals surface area contributed by atoms with Crippen LogP contribution >= 0.6 is 0 Å². The molecule has 0 bridgehead atoms. The van der Waals surface area contributed by atoms with Crippen LogP contribution < -0.4 is 5.32 Å². The van der Waals surface area contributed by atoms with E-state index in [4.69, 9.17) is 4.42 Å². The first-order valence-corrected chi connectivity index (χ1v) is 8.39. The molecule has 0 saturated carbocycles. The molecule has 0 spiro atoms. The lowest BCUT2D eigenvalue weighted by Crippen LogP contribution is -2.25. The van der Waals surface area contributed by atoms with Gasteiger partial charge in [0.05, 0.1) is 11.8 Å². The monoisotopic (exact) mass is 348 g/mol. The molecule has 0 saturated heterocycles. The van der Waals surface area contributed by atoms with Crippen molar-refractivity contribution in [2.45, 2.75) is 6.42 Å². The van der Waals surface area contributed by atoms with Gasteiger partial charge >= 0.3 is 0 Å². The Morgan fingerprint density at radius 3 is 2.69 bits per heavy atom. The van der Waals surface area contributed by atoms with Gasteiger partial charge in [-0.15, -0.1) is 0 Å². The van der Waals surface area contributed by atoms with Crippen molar-refractivity contribution in [3.63, 3.8) is 0 Å². The summed E-state index contributed by atoms with van der Waals surface area (Å²) in [5, 5.41) is 3.75. The third-order valence-electron chi connectivity index (χ3n) is 4.38. The molecule has 5 heteroatoms. The highest BCUT2D eigenvalue weighted by Crippen LogP contribution is 2.21. The quantitative estimate of drug-likeness (QED) is 0.556. The van der Waals surface area contributed by atoms with E-state index in [0.717, 1.165) is 22.3 Å². The number of para-hydroxylation sites is 1. The summed E-state index contributed by atoms with van der Waals surface area (Å²) in [6.07, 6.45) is 4.03. The number of carbonyl (C=O) groups excluding carboxylic acids is 1. The lowest BCUT2D eigenvalue weighted by molar-refractivity contribution is 0.0954. The van der Waals surface area contributed by atoms with Crippen LogP contribution in [0.5, 0.6) is 0 Å². The van der Waals surface area contributed by atoms with Crippen molar-refractivity contribution in [1.29, 1.82) is 0 Å². The molecule has 0 unspecified atom stereocenters. The summed E-state index contributed by atoms with van der Waals surface area (Å²) in [5.41, 5.74) is 2.99. The van der Waals surface area contributed by atoms with Crippen molar-refractivity contribution in [3.05, 3.63) is 84.0 Å². The number of halogens is 1. The Bertz CT molecular complexity index is 1030. The molecule has 2 heterocycles. The zero-order valence-corrected chi connectivity index (χ0v) is 14.0. The molecule has 0 aliphatic carbocycles. The molecule has 4 nitrogen and oxygen atoms in total. The van der Waals surface area contributed by atoms with Crippen molar-refractivity contribution >= 4 is 16.8 Å². The van der Waals surface area contributed by atoms with Gasteiger partial charge in [-0.3, -0.25) is 4.79 Å². The van der Waals surface area contributed by atoms with Crippen LogP contribution in [0.25, 0.3) is 22.2 Å². The average Bonchev–Trinajstić information content (AvgIpc) is 3.33. The fourth-order valence-corrected chi connectivity index (χ4v) is 3.02. The topological polar surface area (TPSA) is 58.0 Å². The van der Waals surface area contributed by atoms with E-state index in [1.54, 1.807) is 30.7 Å². The Balaban J connectivity index is 1.38. The summed E-state index contributed by atoms with van der Waals surface area (Å²) in [4.78, 5) is 15.2. The van der Waals surface area contributed by atoms with Gasteiger partial charge in [-0.25, -0.2) is 4.39 Å². The highest BCUT2D eigenvalue weighted by molar-refractivity contribution is 5.94. The SMILES string of the molecule is O=C(NCCc1c[nH]c2c(F)cccc12)c1ccc(-c2ccco2)cc1. The summed E-state index contributed by atoms with van der Waals surface area (Å²) in [5.74, 6) is 0.361. The number of benzene rings is 2. The first-order chi connectivity index (χ1) is 12.7. The lowest BCUT2D eigenvalue weighted by Gasteiger charge is -2.06. The fourth-order valence-electron chi connectivity index (χ4n) is 3.02. The number of H-pyrrole nitrogens is 1. The van der Waals surface area contributed by atoms with Gasteiger partial charge in [0.1, 0.15) is 11.6 Å². The maximum absolute atomic E-state index is 13.7. The summed E-state index contributed by atoms with van der Waals surface area (Å²) >= 11 is 0. The summed E-state index contributed by atoms with van der Waals surface area (Å²) < 4.78 is 19.0. The van der Waals surface area contributed by atoms with Crippen molar-refractivity contribution in [2.24, 2.45) is 0 Å². The second kappa shape index (κ2) is 6.88. The summed E-state index contributed by atoms with van der Waals surface area (Å²) in [6.45, 7) is 0.474. The number of aromatic nitrogens is 1. The molecule has 2 N–H and O–H groups in total. The Morgan fingerprint density at radius 2 is 1.92 bits per heavy atom. The Kier molecular flexibility index (Phi) is 4.27. The zero-order valence-electron chi connectivity index (χ0n) is 14.0. The van der Waals surface area contributed by atoms with Crippen molar-refractivity contribution in [2.75, 3.05) is 6.54 Å². The first kappa shape index (κ1) is 16.1. The van der Waals surface area contributed by atoms with Gasteiger partial charge < -0.3 is 14.7 Å². The molecule has 4 aromatic rings. The highest BCUT2D eigenvalue weighted by atomic mass is 19.1. The molecule has 0 fully saturated rings. The van der Waals surface area contributed by atoms with Crippen molar-refractivity contribution in [1.82, 2.24) is 10.3 Å². The lowest BCUT2D eigenvalue weighted by atomic mass is 10.1. The average molecular weight is 348 g/mol. The molecule has 2 aromatic heterocycles. The number of carbonyl (C=O) groups is 1. The molecule has 4 rings (SSSR count). The number of nitrogens with one attached hydrogen (secondary N) is 2. The van der Waals surface area contributed by atoms with E-state index < -0.39 is 0 Å². The number of rotatable bonds is 5. The Morgan fingerprint density at radius 1 is 1.08 bits per heavy atom. The fraction of sp³-hybridized carbons (Fsp3) is 0.0952. The number of amides is 1. The first-order valence-electron chi connectivity index (χ1n) is 8.39. The maximum atomic E-state index is 13.7. The number of aromatic amines is 1. The number of hydrogen-bond donors (Lipinski definition) is 2. The van der Waals surface area contributed by atoms with Gasteiger partial charge in [-0.2, -0.15) is 0 Å². The minimum absolute atomic E-state index is 0.137. The predicted molar refractivity (Wildman–Crippen MR) is 98.4 cm³/mol. The standard InChI is InChI=1S/C21H17FN2O2/c22-18-4-1-3-17-16(13-24-20(17)18)10-11-23-21(25)15-8-6-14(7-9-15)19-5-2-12-26-19/h1-9,12-13,24H,10-11H2,(H,23,25). The van der Waals surface area contributed by atoms with E-state index in [1.165, 1.54) is 6.07 Å². The zero-order chi connectivity index (χ0) is 17.9. The smallest absolute Gasteiger partial charge is 0.251 e. The molecule has 26 heavy (non-hydrogen) atoms. The third kappa shape index (κ3) is 3.11. The van der Waals surface area contributed by atoms with Crippen molar-refractivity contribution < 1.29 is 13.6 Å². The van der Waals surface area contributed by atoms with E-state index in [9.17, 15) is 9.18 Å². The maximum Gasteiger partial charge on any atom is 0.251 e. The van der Waals surface area contributed by atoms with Crippen LogP contribution in [0.1, 0.15) is 15.9 Å². The second-order valence-corrected chi connectivity index (χ2v) is 6.04. The van der Waals surface area contributed by atoms with E-state index in [1.807, 2.05) is 30.3 Å². The van der Waals surface area contributed by atoms with E-state index in [2.05, 4.69) is 10.3 Å². The van der Waals surface area contributed by atoms with Gasteiger partial charge in [0.2, 0.25) is 0 Å². The van der Waals surface area contributed by atoms with Crippen LogP contribution in [-0.4, -0.2) is 17.4 Å². The van der Waals surface area contributed by atoms with Crippen LogP contribution in [0, 0.1) is 5.82 Å². The highest BCUT2D eigenvalue weighted by Gasteiger charge is 2.09. The van der Waals surface area contributed by atoms with E-state index >= 15 is 0 Å². The predicted octanol–water partition coefficient (Wildman–Crippen LogP) is 4.54. The number of furan rings is 1. The molecule has 0 aliphatic heterocycles. The summed E-state index contributed by atoms with van der Waals surface area (Å²) in [7, 11) is 0. The van der Waals surface area contributed by atoms with Gasteiger partial charge in [0.15, 0.2) is 0 Å². The van der Waals surface area contributed by atoms with Gasteiger partial charge in [0.25, 0.3) is 5.91 Å². The minimum Gasteiger partial charge on any atom is -0.464 e. The molecule has 0 aliphatic rings. The van der Waals surface area contributed by atoms with Crippen LogP contribution in [-0.2, 0) is 6.42 Å². The molecule has 1 amide bonds.